The number of alkyl carbamates (subject to hydrolysis) is 1. The molecule has 1 aromatic carbocycles. The molecular formula is C46H83N5O13. The van der Waals surface area contributed by atoms with E-state index in [0.717, 1.165) is 32.1 Å². The van der Waals surface area contributed by atoms with E-state index in [0.29, 0.717) is 164 Å². The van der Waals surface area contributed by atoms with Crippen molar-refractivity contribution in [2.75, 3.05) is 132 Å². The van der Waals surface area contributed by atoms with Crippen molar-refractivity contribution < 1.29 is 61.8 Å². The van der Waals surface area contributed by atoms with Crippen LogP contribution >= 0.6 is 0 Å². The number of hydrogen-bond donors (Lipinski definition) is 5. The van der Waals surface area contributed by atoms with E-state index < -0.39 is 17.7 Å². The van der Waals surface area contributed by atoms with Gasteiger partial charge in [-0.3, -0.25) is 14.4 Å². The second-order valence-corrected chi connectivity index (χ2v) is 16.1. The van der Waals surface area contributed by atoms with Gasteiger partial charge in [-0.15, -0.1) is 0 Å². The molecule has 0 bridgehead atoms. The number of nitrogens with one attached hydrogen (secondary N) is 4. The third-order valence-electron chi connectivity index (χ3n) is 9.06. The summed E-state index contributed by atoms with van der Waals surface area (Å²) >= 11 is 0. The van der Waals surface area contributed by atoms with Gasteiger partial charge in [-0.05, 0) is 84.6 Å². The molecule has 0 aromatic heterocycles. The number of nitrogens with two attached hydrogens (primary N) is 1. The van der Waals surface area contributed by atoms with E-state index in [2.05, 4.69) is 52.5 Å². The molecule has 1 atom stereocenters. The zero-order chi connectivity index (χ0) is 46.8. The van der Waals surface area contributed by atoms with E-state index in [1.165, 1.54) is 11.1 Å². The molecule has 370 valence electrons. The molecule has 0 aliphatic carbocycles. The molecule has 0 radical (unpaired) electrons. The summed E-state index contributed by atoms with van der Waals surface area (Å²) in [6.45, 7) is 16.5. The van der Waals surface area contributed by atoms with Gasteiger partial charge in [-0.2, -0.15) is 0 Å². The van der Waals surface area contributed by atoms with Crippen molar-refractivity contribution in [2.45, 2.75) is 104 Å². The Bertz CT molecular complexity index is 1300. The van der Waals surface area contributed by atoms with Crippen LogP contribution in [0.4, 0.5) is 4.79 Å². The molecule has 0 aliphatic heterocycles. The summed E-state index contributed by atoms with van der Waals surface area (Å²) < 4.78 is 49.1. The standard InChI is InChI=1S/C46H83N5O13/c1-39-14-16-40(17-15-39)11-10-13-42(52)48-19-7-5-8-20-49-43(53)18-23-56-25-27-58-29-31-60-33-35-62-37-38-63-36-34-61-32-30-59-28-26-57-24-22-50-44(54)41(47)12-6-9-21-51-45(55)64-46(2,3)4/h14-17,41H,5-13,18-38,47H2,1-4H3,(H,48,52)(H,49,53)(H,50,54)(H,51,55). The van der Waals surface area contributed by atoms with Crippen LogP contribution in [0.3, 0.4) is 0 Å². The first-order valence-corrected chi connectivity index (χ1v) is 23.2. The molecule has 0 saturated heterocycles. The van der Waals surface area contributed by atoms with Gasteiger partial charge in [0.05, 0.1) is 112 Å². The Morgan fingerprint density at radius 1 is 0.500 bits per heavy atom. The molecule has 18 nitrogen and oxygen atoms in total. The summed E-state index contributed by atoms with van der Waals surface area (Å²) in [6.07, 6.45) is 6.77. The Labute approximate surface area is 382 Å². The van der Waals surface area contributed by atoms with E-state index in [1.807, 2.05) is 0 Å². The number of rotatable bonds is 43. The minimum Gasteiger partial charge on any atom is -0.444 e. The molecule has 0 spiro atoms. The first-order valence-electron chi connectivity index (χ1n) is 23.2. The van der Waals surface area contributed by atoms with Crippen molar-refractivity contribution in [3.05, 3.63) is 35.4 Å². The van der Waals surface area contributed by atoms with E-state index in [9.17, 15) is 19.2 Å². The highest BCUT2D eigenvalue weighted by Crippen LogP contribution is 2.08. The van der Waals surface area contributed by atoms with Crippen molar-refractivity contribution in [1.82, 2.24) is 21.3 Å². The Balaban J connectivity index is 1.71. The average molecular weight is 914 g/mol. The van der Waals surface area contributed by atoms with Crippen LogP contribution in [0.25, 0.3) is 0 Å². The Morgan fingerprint density at radius 3 is 1.41 bits per heavy atom. The number of amides is 4. The zero-order valence-corrected chi connectivity index (χ0v) is 39.5. The first-order chi connectivity index (χ1) is 31.0. The predicted octanol–water partition coefficient (Wildman–Crippen LogP) is 3.38. The lowest BCUT2D eigenvalue weighted by Crippen LogP contribution is -2.42. The minimum absolute atomic E-state index is 0.0326. The fourth-order valence-corrected chi connectivity index (χ4v) is 5.58. The fraction of sp³-hybridized carbons (Fsp3) is 0.783. The molecule has 4 amide bonds. The van der Waals surface area contributed by atoms with Crippen LogP contribution in [0.5, 0.6) is 0 Å². The summed E-state index contributed by atoms with van der Waals surface area (Å²) in [7, 11) is 0. The molecule has 1 rings (SSSR count). The molecule has 1 unspecified atom stereocenters. The maximum Gasteiger partial charge on any atom is 0.407 e. The number of aryl methyl sites for hydroxylation is 2. The summed E-state index contributed by atoms with van der Waals surface area (Å²) in [5, 5.41) is 11.3. The topological polar surface area (TPSA) is 225 Å². The maximum absolute atomic E-state index is 12.1. The quantitative estimate of drug-likeness (QED) is 0.0593. The molecule has 0 aliphatic rings. The number of ether oxygens (including phenoxy) is 9. The number of benzene rings is 1. The van der Waals surface area contributed by atoms with Gasteiger partial charge in [-0.1, -0.05) is 29.8 Å². The normalized spacial score (nSPS) is 11.9. The lowest BCUT2D eigenvalue weighted by Gasteiger charge is -2.19. The van der Waals surface area contributed by atoms with Crippen molar-refractivity contribution >= 4 is 23.8 Å². The summed E-state index contributed by atoms with van der Waals surface area (Å²) in [4.78, 5) is 47.8. The van der Waals surface area contributed by atoms with Crippen LogP contribution in [0, 0.1) is 6.92 Å². The van der Waals surface area contributed by atoms with E-state index >= 15 is 0 Å². The molecule has 0 heterocycles. The highest BCUT2D eigenvalue weighted by molar-refractivity contribution is 5.81. The lowest BCUT2D eigenvalue weighted by molar-refractivity contribution is -0.123. The van der Waals surface area contributed by atoms with Crippen LogP contribution in [0.1, 0.15) is 89.7 Å². The second-order valence-electron chi connectivity index (χ2n) is 16.1. The van der Waals surface area contributed by atoms with Crippen LogP contribution in [-0.2, 0) is 63.4 Å². The largest absolute Gasteiger partial charge is 0.444 e. The van der Waals surface area contributed by atoms with Gasteiger partial charge in [0.1, 0.15) is 5.60 Å². The molecule has 64 heavy (non-hydrogen) atoms. The van der Waals surface area contributed by atoms with Gasteiger partial charge in [0.2, 0.25) is 17.7 Å². The molecule has 0 saturated carbocycles. The van der Waals surface area contributed by atoms with Gasteiger partial charge in [-0.25, -0.2) is 4.79 Å². The number of hydrogen-bond acceptors (Lipinski definition) is 14. The van der Waals surface area contributed by atoms with Gasteiger partial charge >= 0.3 is 6.09 Å². The van der Waals surface area contributed by atoms with E-state index in [4.69, 9.17) is 48.4 Å². The van der Waals surface area contributed by atoms with Gasteiger partial charge in [0, 0.05) is 39.0 Å². The Morgan fingerprint density at radius 2 is 0.922 bits per heavy atom. The Hall–Kier alpha value is -3.46. The van der Waals surface area contributed by atoms with Crippen LogP contribution in [0.15, 0.2) is 24.3 Å². The molecule has 1 aromatic rings. The van der Waals surface area contributed by atoms with Crippen molar-refractivity contribution in [3.63, 3.8) is 0 Å². The third kappa shape index (κ3) is 40.1. The van der Waals surface area contributed by atoms with Crippen molar-refractivity contribution in [2.24, 2.45) is 5.73 Å². The highest BCUT2D eigenvalue weighted by Gasteiger charge is 2.16. The average Bonchev–Trinajstić information content (AvgIpc) is 3.25. The van der Waals surface area contributed by atoms with Gasteiger partial charge in [0.25, 0.3) is 0 Å². The van der Waals surface area contributed by atoms with Crippen LogP contribution in [0.2, 0.25) is 0 Å². The summed E-state index contributed by atoms with van der Waals surface area (Å²) in [5.74, 6) is -0.164. The Kier molecular flexibility index (Phi) is 37.5. The van der Waals surface area contributed by atoms with E-state index in [-0.39, 0.29) is 17.7 Å². The summed E-state index contributed by atoms with van der Waals surface area (Å²) in [6, 6.07) is 7.82. The number of carbonyl (C=O) groups excluding carboxylic acids is 4. The van der Waals surface area contributed by atoms with Crippen molar-refractivity contribution in [3.8, 4) is 0 Å². The molecule has 18 heteroatoms. The SMILES string of the molecule is Cc1ccc(CCCC(=O)NCCCCCNC(=O)CCOCCOCCOCCOCCOCCOCCOCCOCCNC(=O)C(N)CCCCNC(=O)OC(C)(C)C)cc1. The zero-order valence-electron chi connectivity index (χ0n) is 39.5. The number of carbonyl (C=O) groups is 4. The van der Waals surface area contributed by atoms with Crippen molar-refractivity contribution in [1.29, 1.82) is 0 Å². The first kappa shape index (κ1) is 58.6. The monoisotopic (exact) mass is 914 g/mol. The van der Waals surface area contributed by atoms with Gasteiger partial charge < -0.3 is 69.6 Å². The predicted molar refractivity (Wildman–Crippen MR) is 244 cm³/mol. The van der Waals surface area contributed by atoms with Crippen LogP contribution < -0.4 is 27.0 Å². The number of unbranched alkanes of at least 4 members (excludes halogenated alkanes) is 3. The smallest absolute Gasteiger partial charge is 0.407 e. The summed E-state index contributed by atoms with van der Waals surface area (Å²) in [5.41, 5.74) is 7.92. The third-order valence-corrected chi connectivity index (χ3v) is 9.06. The van der Waals surface area contributed by atoms with E-state index in [1.54, 1.807) is 20.8 Å². The highest BCUT2D eigenvalue weighted by atomic mass is 16.6. The molecule has 0 fully saturated rings. The van der Waals surface area contributed by atoms with Crippen LogP contribution in [-0.4, -0.2) is 167 Å². The fourth-order valence-electron chi connectivity index (χ4n) is 5.58. The maximum atomic E-state index is 12.1. The molecule has 6 N–H and O–H groups in total. The van der Waals surface area contributed by atoms with Gasteiger partial charge in [0.15, 0.2) is 0 Å². The lowest BCUT2D eigenvalue weighted by atomic mass is 10.1. The molecular weight excluding hydrogens is 831 g/mol. The second kappa shape index (κ2) is 41.0. The minimum atomic E-state index is -0.611.